The van der Waals surface area contributed by atoms with Gasteiger partial charge in [0.2, 0.25) is 0 Å². The van der Waals surface area contributed by atoms with E-state index in [1.54, 1.807) is 0 Å². The molecule has 0 saturated carbocycles. The summed E-state index contributed by atoms with van der Waals surface area (Å²) in [6.07, 6.45) is 0. The lowest BCUT2D eigenvalue weighted by Gasteiger charge is -2.39. The van der Waals surface area contributed by atoms with Gasteiger partial charge >= 0.3 is 0 Å². The average molecular weight is 159 g/mol. The Morgan fingerprint density at radius 1 is 1.36 bits per heavy atom. The summed E-state index contributed by atoms with van der Waals surface area (Å²) in [6, 6.07) is 0.502. The predicted octanol–water partition coefficient (Wildman–Crippen LogP) is 1.49. The number of likely N-dealkylation sites (N-methyl/N-ethyl adjacent to an activating group) is 1. The Morgan fingerprint density at radius 3 is 1.91 bits per heavy atom. The van der Waals surface area contributed by atoms with Gasteiger partial charge in [0.25, 0.3) is 0 Å². The maximum atomic E-state index is 9.10. The van der Waals surface area contributed by atoms with E-state index in [4.69, 9.17) is 5.11 Å². The number of aliphatic hydroxyl groups is 1. The third kappa shape index (κ3) is 2.80. The van der Waals surface area contributed by atoms with Crippen molar-refractivity contribution >= 4 is 0 Å². The topological polar surface area (TPSA) is 23.5 Å². The van der Waals surface area contributed by atoms with E-state index >= 15 is 0 Å². The summed E-state index contributed by atoms with van der Waals surface area (Å²) >= 11 is 0. The molecule has 0 unspecified atom stereocenters. The number of rotatable bonds is 4. The van der Waals surface area contributed by atoms with Crippen LogP contribution in [0.2, 0.25) is 0 Å². The van der Waals surface area contributed by atoms with Crippen molar-refractivity contribution in [3.05, 3.63) is 0 Å². The minimum Gasteiger partial charge on any atom is -0.394 e. The van der Waals surface area contributed by atoms with Gasteiger partial charge in [-0.05, 0) is 34.2 Å². The SMILES string of the molecule is CCN(C(C)C)C(C)(C)CO. The molecule has 0 aliphatic rings. The summed E-state index contributed by atoms with van der Waals surface area (Å²) < 4.78 is 0. The van der Waals surface area contributed by atoms with Gasteiger partial charge in [-0.25, -0.2) is 0 Å². The number of nitrogens with zero attached hydrogens (tertiary/aromatic N) is 1. The van der Waals surface area contributed by atoms with Crippen LogP contribution in [0, 0.1) is 0 Å². The van der Waals surface area contributed by atoms with Crippen molar-refractivity contribution in [2.45, 2.75) is 46.2 Å². The lowest BCUT2D eigenvalue weighted by molar-refractivity contribution is 0.0377. The van der Waals surface area contributed by atoms with Crippen molar-refractivity contribution in [2.24, 2.45) is 0 Å². The third-order valence-electron chi connectivity index (χ3n) is 2.13. The average Bonchev–Trinajstić information content (AvgIpc) is 1.88. The monoisotopic (exact) mass is 159 g/mol. The molecule has 0 atom stereocenters. The molecule has 0 aromatic carbocycles. The van der Waals surface area contributed by atoms with Crippen LogP contribution in [0.15, 0.2) is 0 Å². The van der Waals surface area contributed by atoms with Crippen molar-refractivity contribution in [3.63, 3.8) is 0 Å². The maximum absolute atomic E-state index is 9.10. The Balaban J connectivity index is 4.23. The van der Waals surface area contributed by atoms with Gasteiger partial charge in [-0.1, -0.05) is 6.92 Å². The van der Waals surface area contributed by atoms with Crippen molar-refractivity contribution in [3.8, 4) is 0 Å². The second kappa shape index (κ2) is 4.07. The normalized spacial score (nSPS) is 13.1. The molecule has 0 bridgehead atoms. The Bertz CT molecular complexity index is 110. The molecule has 2 nitrogen and oxygen atoms in total. The first-order valence-corrected chi connectivity index (χ1v) is 4.33. The summed E-state index contributed by atoms with van der Waals surface area (Å²) in [5.74, 6) is 0. The lowest BCUT2D eigenvalue weighted by Crippen LogP contribution is -2.50. The molecule has 11 heavy (non-hydrogen) atoms. The van der Waals surface area contributed by atoms with E-state index in [1.165, 1.54) is 0 Å². The summed E-state index contributed by atoms with van der Waals surface area (Å²) in [5.41, 5.74) is -0.0804. The molecule has 0 aliphatic carbocycles. The fraction of sp³-hybridized carbons (Fsp3) is 1.00. The fourth-order valence-electron chi connectivity index (χ4n) is 1.58. The molecule has 0 radical (unpaired) electrons. The highest BCUT2D eigenvalue weighted by molar-refractivity contribution is 4.81. The van der Waals surface area contributed by atoms with E-state index in [1.807, 2.05) is 0 Å². The van der Waals surface area contributed by atoms with Crippen molar-refractivity contribution < 1.29 is 5.11 Å². The summed E-state index contributed by atoms with van der Waals surface area (Å²) in [7, 11) is 0. The van der Waals surface area contributed by atoms with E-state index < -0.39 is 0 Å². The quantitative estimate of drug-likeness (QED) is 0.671. The maximum Gasteiger partial charge on any atom is 0.0610 e. The molecule has 0 saturated heterocycles. The highest BCUT2D eigenvalue weighted by Crippen LogP contribution is 2.15. The molecular weight excluding hydrogens is 138 g/mol. The zero-order valence-electron chi connectivity index (χ0n) is 8.39. The Labute approximate surface area is 70.2 Å². The van der Waals surface area contributed by atoms with Crippen molar-refractivity contribution in [1.29, 1.82) is 0 Å². The molecule has 0 spiro atoms. The number of hydrogen-bond donors (Lipinski definition) is 1. The first-order chi connectivity index (χ1) is 4.95. The van der Waals surface area contributed by atoms with Gasteiger partial charge < -0.3 is 5.11 Å². The van der Waals surface area contributed by atoms with Gasteiger partial charge in [-0.2, -0.15) is 0 Å². The van der Waals surface area contributed by atoms with Crippen LogP contribution in [-0.4, -0.2) is 34.7 Å². The number of hydrogen-bond acceptors (Lipinski definition) is 2. The molecule has 0 rings (SSSR count). The van der Waals surface area contributed by atoms with E-state index in [9.17, 15) is 0 Å². The Hall–Kier alpha value is -0.0800. The minimum atomic E-state index is -0.0804. The molecule has 0 fully saturated rings. The van der Waals surface area contributed by atoms with Crippen LogP contribution >= 0.6 is 0 Å². The Kier molecular flexibility index (Phi) is 4.04. The lowest BCUT2D eigenvalue weighted by atomic mass is 10.0. The minimum absolute atomic E-state index is 0.0804. The Morgan fingerprint density at radius 2 is 1.82 bits per heavy atom. The zero-order valence-corrected chi connectivity index (χ0v) is 8.39. The van der Waals surface area contributed by atoms with Crippen molar-refractivity contribution in [2.75, 3.05) is 13.2 Å². The van der Waals surface area contributed by atoms with E-state index in [-0.39, 0.29) is 12.1 Å². The van der Waals surface area contributed by atoms with Gasteiger partial charge in [0.15, 0.2) is 0 Å². The fourth-order valence-corrected chi connectivity index (χ4v) is 1.58. The van der Waals surface area contributed by atoms with Crippen LogP contribution in [0.4, 0.5) is 0 Å². The molecule has 68 valence electrons. The smallest absolute Gasteiger partial charge is 0.0610 e. The molecule has 2 heteroatoms. The first-order valence-electron chi connectivity index (χ1n) is 4.33. The van der Waals surface area contributed by atoms with Crippen LogP contribution in [0.1, 0.15) is 34.6 Å². The predicted molar refractivity (Wildman–Crippen MR) is 48.7 cm³/mol. The molecule has 1 N–H and O–H groups in total. The first kappa shape index (κ1) is 10.9. The van der Waals surface area contributed by atoms with Crippen molar-refractivity contribution in [1.82, 2.24) is 4.90 Å². The summed E-state index contributed by atoms with van der Waals surface area (Å²) in [5, 5.41) is 9.10. The molecule has 0 aliphatic heterocycles. The largest absolute Gasteiger partial charge is 0.394 e. The summed E-state index contributed by atoms with van der Waals surface area (Å²) in [4.78, 5) is 2.28. The molecule has 0 aromatic rings. The molecular formula is C9H21NO. The molecule has 0 amide bonds. The molecule has 0 aromatic heterocycles. The highest BCUT2D eigenvalue weighted by atomic mass is 16.3. The van der Waals surface area contributed by atoms with Gasteiger partial charge in [0, 0.05) is 11.6 Å². The zero-order chi connectivity index (χ0) is 9.07. The standard InChI is InChI=1S/C9H21NO/c1-6-10(8(2)3)9(4,5)7-11/h8,11H,6-7H2,1-5H3. The number of aliphatic hydroxyl groups excluding tert-OH is 1. The second-order valence-corrected chi connectivity index (χ2v) is 3.85. The van der Waals surface area contributed by atoms with Gasteiger partial charge in [0.05, 0.1) is 6.61 Å². The van der Waals surface area contributed by atoms with Crippen LogP contribution in [0.5, 0.6) is 0 Å². The summed E-state index contributed by atoms with van der Waals surface area (Å²) in [6.45, 7) is 11.8. The van der Waals surface area contributed by atoms with E-state index in [2.05, 4.69) is 39.5 Å². The van der Waals surface area contributed by atoms with Gasteiger partial charge in [-0.15, -0.1) is 0 Å². The van der Waals surface area contributed by atoms with Gasteiger partial charge in [-0.3, -0.25) is 4.90 Å². The highest BCUT2D eigenvalue weighted by Gasteiger charge is 2.26. The van der Waals surface area contributed by atoms with E-state index in [0.29, 0.717) is 6.04 Å². The van der Waals surface area contributed by atoms with Crippen LogP contribution in [0.25, 0.3) is 0 Å². The van der Waals surface area contributed by atoms with E-state index in [0.717, 1.165) is 6.54 Å². The van der Waals surface area contributed by atoms with Crippen LogP contribution < -0.4 is 0 Å². The van der Waals surface area contributed by atoms with Crippen LogP contribution in [-0.2, 0) is 0 Å². The second-order valence-electron chi connectivity index (χ2n) is 3.85. The van der Waals surface area contributed by atoms with Gasteiger partial charge in [0.1, 0.15) is 0 Å². The third-order valence-corrected chi connectivity index (χ3v) is 2.13. The molecule has 0 heterocycles. The van der Waals surface area contributed by atoms with Crippen LogP contribution in [0.3, 0.4) is 0 Å².